The fraction of sp³-hybridized carbons (Fsp3) is 0.273. The van der Waals surface area contributed by atoms with Gasteiger partial charge in [0.25, 0.3) is 0 Å². The Hall–Kier alpha value is -1.82. The number of carbonyl (C=O) groups is 1. The van der Waals surface area contributed by atoms with Crippen molar-refractivity contribution in [1.29, 1.82) is 0 Å². The molecule has 0 unspecified atom stereocenters. The second kappa shape index (κ2) is 5.01. The lowest BCUT2D eigenvalue weighted by Gasteiger charge is -2.16. The van der Waals surface area contributed by atoms with E-state index >= 15 is 0 Å². The Bertz CT molecular complexity index is 491. The van der Waals surface area contributed by atoms with Gasteiger partial charge in [-0.2, -0.15) is 16.4 Å². The number of nitrogen functional groups attached to an aromatic ring is 1. The van der Waals surface area contributed by atoms with Gasteiger partial charge in [0.2, 0.25) is 5.91 Å². The maximum absolute atomic E-state index is 11.9. The topological polar surface area (TPSA) is 64.2 Å². The number of amides is 1. The first-order chi connectivity index (χ1) is 8.15. The normalized spacial score (nSPS) is 10.4. The zero-order valence-corrected chi connectivity index (χ0v) is 10.4. The van der Waals surface area contributed by atoms with Crippen LogP contribution in [0.3, 0.4) is 0 Å². The number of carbonyl (C=O) groups excluding carboxylic acids is 1. The molecule has 1 amide bonds. The Morgan fingerprint density at radius 3 is 3.00 bits per heavy atom. The van der Waals surface area contributed by atoms with E-state index in [-0.39, 0.29) is 12.5 Å². The van der Waals surface area contributed by atoms with Gasteiger partial charge in [-0.05, 0) is 28.5 Å². The average Bonchev–Trinajstić information content (AvgIpc) is 2.90. The summed E-state index contributed by atoms with van der Waals surface area (Å²) in [6.07, 6.45) is 1.70. The highest BCUT2D eigenvalue weighted by molar-refractivity contribution is 7.07. The zero-order chi connectivity index (χ0) is 12.3. The van der Waals surface area contributed by atoms with Gasteiger partial charge in [0.1, 0.15) is 12.4 Å². The van der Waals surface area contributed by atoms with E-state index in [1.807, 2.05) is 16.8 Å². The van der Waals surface area contributed by atoms with Crippen LogP contribution < -0.4 is 5.73 Å². The molecule has 0 atom stereocenters. The minimum absolute atomic E-state index is 0.0132. The number of hydrogen-bond donors (Lipinski definition) is 1. The molecule has 0 aliphatic carbocycles. The predicted octanol–water partition coefficient (Wildman–Crippen LogP) is 1.19. The molecule has 0 fully saturated rings. The van der Waals surface area contributed by atoms with E-state index in [0.29, 0.717) is 12.4 Å². The Balaban J connectivity index is 1.91. The molecule has 0 spiro atoms. The van der Waals surface area contributed by atoms with Crippen molar-refractivity contribution >= 4 is 23.1 Å². The Morgan fingerprint density at radius 2 is 2.41 bits per heavy atom. The van der Waals surface area contributed by atoms with Crippen molar-refractivity contribution in [2.45, 2.75) is 13.1 Å². The highest BCUT2D eigenvalue weighted by atomic mass is 32.1. The molecule has 0 bridgehead atoms. The minimum Gasteiger partial charge on any atom is -0.382 e. The zero-order valence-electron chi connectivity index (χ0n) is 9.54. The van der Waals surface area contributed by atoms with E-state index in [4.69, 9.17) is 5.73 Å². The van der Waals surface area contributed by atoms with Crippen molar-refractivity contribution in [2.75, 3.05) is 12.8 Å². The van der Waals surface area contributed by atoms with Crippen molar-refractivity contribution in [3.8, 4) is 0 Å². The summed E-state index contributed by atoms with van der Waals surface area (Å²) < 4.78 is 1.54. The monoisotopic (exact) mass is 250 g/mol. The first kappa shape index (κ1) is 11.7. The number of nitrogens with zero attached hydrogens (tertiary/aromatic N) is 3. The molecule has 2 aromatic rings. The largest absolute Gasteiger partial charge is 0.382 e. The van der Waals surface area contributed by atoms with Crippen LogP contribution in [0, 0.1) is 0 Å². The second-order valence-electron chi connectivity index (χ2n) is 3.82. The van der Waals surface area contributed by atoms with E-state index in [9.17, 15) is 4.79 Å². The Morgan fingerprint density at radius 1 is 1.59 bits per heavy atom. The van der Waals surface area contributed by atoms with Crippen LogP contribution in [0.15, 0.2) is 29.1 Å². The van der Waals surface area contributed by atoms with Gasteiger partial charge in [-0.15, -0.1) is 0 Å². The van der Waals surface area contributed by atoms with Crippen LogP contribution in [-0.4, -0.2) is 27.6 Å². The van der Waals surface area contributed by atoms with E-state index in [1.165, 1.54) is 0 Å². The summed E-state index contributed by atoms with van der Waals surface area (Å²) in [5.41, 5.74) is 6.63. The molecule has 2 heterocycles. The summed E-state index contributed by atoms with van der Waals surface area (Å²) in [7, 11) is 1.78. The maximum atomic E-state index is 11.9. The number of rotatable bonds is 4. The number of hydrogen-bond acceptors (Lipinski definition) is 4. The van der Waals surface area contributed by atoms with Gasteiger partial charge in [0.05, 0.1) is 0 Å². The molecule has 0 radical (unpaired) electrons. The quantitative estimate of drug-likeness (QED) is 0.886. The van der Waals surface area contributed by atoms with Crippen molar-refractivity contribution < 1.29 is 4.79 Å². The lowest BCUT2D eigenvalue weighted by Crippen LogP contribution is -2.29. The lowest BCUT2D eigenvalue weighted by molar-refractivity contribution is -0.131. The molecule has 6 heteroatoms. The van der Waals surface area contributed by atoms with E-state index in [1.54, 1.807) is 40.2 Å². The smallest absolute Gasteiger partial charge is 0.244 e. The Labute approximate surface area is 103 Å². The van der Waals surface area contributed by atoms with Crippen LogP contribution in [-0.2, 0) is 17.9 Å². The molecule has 0 saturated heterocycles. The molecule has 2 aromatic heterocycles. The van der Waals surface area contributed by atoms with Crippen LogP contribution >= 0.6 is 11.3 Å². The van der Waals surface area contributed by atoms with Crippen molar-refractivity contribution in [2.24, 2.45) is 0 Å². The van der Waals surface area contributed by atoms with Crippen LogP contribution in [0.1, 0.15) is 5.56 Å². The molecule has 0 aliphatic rings. The molecule has 0 aromatic carbocycles. The van der Waals surface area contributed by atoms with E-state index < -0.39 is 0 Å². The van der Waals surface area contributed by atoms with Crippen LogP contribution in [0.25, 0.3) is 0 Å². The SMILES string of the molecule is CN(Cc1ccsc1)C(=O)Cn1ccc(N)n1. The summed E-state index contributed by atoms with van der Waals surface area (Å²) in [4.78, 5) is 13.6. The molecule has 90 valence electrons. The third-order valence-corrected chi connectivity index (χ3v) is 3.12. The molecule has 2 rings (SSSR count). The van der Waals surface area contributed by atoms with Crippen molar-refractivity contribution in [3.05, 3.63) is 34.7 Å². The van der Waals surface area contributed by atoms with Gasteiger partial charge < -0.3 is 10.6 Å². The van der Waals surface area contributed by atoms with Gasteiger partial charge in [-0.25, -0.2) is 0 Å². The molecule has 0 saturated carbocycles. The minimum atomic E-state index is 0.0132. The highest BCUT2D eigenvalue weighted by Gasteiger charge is 2.10. The number of thiophene rings is 1. The number of anilines is 1. The van der Waals surface area contributed by atoms with Crippen LogP contribution in [0.2, 0.25) is 0 Å². The first-order valence-electron chi connectivity index (χ1n) is 5.19. The standard InChI is InChI=1S/C11H14N4OS/c1-14(6-9-3-5-17-8-9)11(16)7-15-4-2-10(12)13-15/h2-5,8H,6-7H2,1H3,(H2,12,13). The van der Waals surface area contributed by atoms with Crippen LogP contribution in [0.4, 0.5) is 5.82 Å². The van der Waals surface area contributed by atoms with Crippen molar-refractivity contribution in [1.82, 2.24) is 14.7 Å². The first-order valence-corrected chi connectivity index (χ1v) is 6.13. The maximum Gasteiger partial charge on any atom is 0.244 e. The van der Waals surface area contributed by atoms with Gasteiger partial charge in [-0.1, -0.05) is 0 Å². The van der Waals surface area contributed by atoms with Gasteiger partial charge >= 0.3 is 0 Å². The number of aromatic nitrogens is 2. The van der Waals surface area contributed by atoms with Gasteiger partial charge in [0, 0.05) is 19.8 Å². The third-order valence-electron chi connectivity index (χ3n) is 2.38. The second-order valence-corrected chi connectivity index (χ2v) is 4.60. The summed E-state index contributed by atoms with van der Waals surface area (Å²) in [5.74, 6) is 0.442. The fourth-order valence-electron chi connectivity index (χ4n) is 1.47. The molecule has 0 aliphatic heterocycles. The number of likely N-dealkylation sites (N-methyl/N-ethyl adjacent to an activating group) is 1. The summed E-state index contributed by atoms with van der Waals surface area (Å²) in [5, 5.41) is 8.02. The average molecular weight is 250 g/mol. The Kier molecular flexibility index (Phi) is 3.43. The highest BCUT2D eigenvalue weighted by Crippen LogP contribution is 2.08. The molecule has 2 N–H and O–H groups in total. The fourth-order valence-corrected chi connectivity index (χ4v) is 2.13. The molecular weight excluding hydrogens is 236 g/mol. The molecule has 5 nitrogen and oxygen atoms in total. The van der Waals surface area contributed by atoms with Gasteiger partial charge in [0.15, 0.2) is 0 Å². The van der Waals surface area contributed by atoms with Crippen molar-refractivity contribution in [3.63, 3.8) is 0 Å². The van der Waals surface area contributed by atoms with E-state index in [0.717, 1.165) is 5.56 Å². The number of nitrogens with two attached hydrogens (primary N) is 1. The molecular formula is C11H14N4OS. The molecule has 17 heavy (non-hydrogen) atoms. The lowest BCUT2D eigenvalue weighted by atomic mass is 10.3. The summed E-state index contributed by atoms with van der Waals surface area (Å²) >= 11 is 1.63. The van der Waals surface area contributed by atoms with E-state index in [2.05, 4.69) is 5.10 Å². The third kappa shape index (κ3) is 3.07. The van der Waals surface area contributed by atoms with Crippen LogP contribution in [0.5, 0.6) is 0 Å². The van der Waals surface area contributed by atoms with Gasteiger partial charge in [-0.3, -0.25) is 9.48 Å². The summed E-state index contributed by atoms with van der Waals surface area (Å²) in [6, 6.07) is 3.69. The predicted molar refractivity (Wildman–Crippen MR) is 67.4 cm³/mol. The summed E-state index contributed by atoms with van der Waals surface area (Å²) in [6.45, 7) is 0.844.